The molecule has 2 N–H and O–H groups in total. The van der Waals surface area contributed by atoms with Crippen molar-refractivity contribution in [1.29, 1.82) is 0 Å². The van der Waals surface area contributed by atoms with E-state index in [0.717, 1.165) is 16.9 Å². The first-order valence-corrected chi connectivity index (χ1v) is 7.84. The van der Waals surface area contributed by atoms with Crippen LogP contribution in [0.1, 0.15) is 18.1 Å². The number of hydrogen-bond donors (Lipinski definition) is 2. The largest absolute Gasteiger partial charge is 0.489 e. The molecule has 0 amide bonds. The minimum atomic E-state index is -0.394. The topological polar surface area (TPSA) is 41.5 Å². The molecule has 0 unspecified atom stereocenters. The zero-order valence-corrected chi connectivity index (χ0v) is 13.9. The van der Waals surface area contributed by atoms with Crippen molar-refractivity contribution in [2.45, 2.75) is 26.2 Å². The predicted molar refractivity (Wildman–Crippen MR) is 90.6 cm³/mol. The van der Waals surface area contributed by atoms with Crippen LogP contribution in [0.5, 0.6) is 5.75 Å². The molecular weight excluding hydrogens is 321 g/mol. The van der Waals surface area contributed by atoms with Gasteiger partial charge in [-0.05, 0) is 42.8 Å². The normalized spacial score (nSPS) is 12.2. The smallest absolute Gasteiger partial charge is 0.124 e. The molecule has 0 aliphatic carbocycles. The Hall–Kier alpha value is -1.26. The molecule has 0 aliphatic heterocycles. The highest BCUT2D eigenvalue weighted by atomic mass is 35.5. The summed E-state index contributed by atoms with van der Waals surface area (Å²) in [6.07, 6.45) is -0.394. The summed E-state index contributed by atoms with van der Waals surface area (Å²) in [7, 11) is 0. The van der Waals surface area contributed by atoms with Crippen molar-refractivity contribution in [3.8, 4) is 5.75 Å². The van der Waals surface area contributed by atoms with Gasteiger partial charge in [0.15, 0.2) is 0 Å². The summed E-state index contributed by atoms with van der Waals surface area (Å²) in [6, 6.07) is 13.1. The molecule has 0 aliphatic rings. The van der Waals surface area contributed by atoms with Gasteiger partial charge in [0.1, 0.15) is 12.4 Å². The molecule has 0 fully saturated rings. The van der Waals surface area contributed by atoms with Gasteiger partial charge in [0, 0.05) is 28.7 Å². The van der Waals surface area contributed by atoms with E-state index < -0.39 is 6.10 Å². The summed E-state index contributed by atoms with van der Waals surface area (Å²) in [4.78, 5) is 0. The zero-order valence-electron chi connectivity index (χ0n) is 12.4. The maximum atomic E-state index is 9.30. The van der Waals surface area contributed by atoms with Crippen molar-refractivity contribution in [3.05, 3.63) is 63.6 Å². The summed E-state index contributed by atoms with van der Waals surface area (Å²) in [6.45, 7) is 3.27. The maximum absolute atomic E-state index is 9.30. The number of hydrogen-bond acceptors (Lipinski definition) is 3. The van der Waals surface area contributed by atoms with E-state index >= 15 is 0 Å². The van der Waals surface area contributed by atoms with Gasteiger partial charge >= 0.3 is 0 Å². The molecule has 1 atom stereocenters. The van der Waals surface area contributed by atoms with E-state index in [-0.39, 0.29) is 0 Å². The quantitative estimate of drug-likeness (QED) is 0.799. The molecule has 118 valence electrons. The lowest BCUT2D eigenvalue weighted by atomic mass is 10.2. The van der Waals surface area contributed by atoms with Crippen molar-refractivity contribution in [1.82, 2.24) is 5.32 Å². The third-order valence-corrected chi connectivity index (χ3v) is 3.53. The van der Waals surface area contributed by atoms with Crippen LogP contribution in [-0.2, 0) is 13.2 Å². The van der Waals surface area contributed by atoms with Crippen molar-refractivity contribution >= 4 is 23.2 Å². The summed E-state index contributed by atoms with van der Waals surface area (Å²) in [5.41, 5.74) is 1.96. The third kappa shape index (κ3) is 5.50. The van der Waals surface area contributed by atoms with Crippen LogP contribution >= 0.6 is 23.2 Å². The average molecular weight is 340 g/mol. The van der Waals surface area contributed by atoms with Gasteiger partial charge in [-0.25, -0.2) is 0 Å². The maximum Gasteiger partial charge on any atom is 0.124 e. The fourth-order valence-electron chi connectivity index (χ4n) is 2.03. The molecule has 3 nitrogen and oxygen atoms in total. The molecule has 2 aromatic rings. The van der Waals surface area contributed by atoms with Crippen LogP contribution in [0.4, 0.5) is 0 Å². The fourth-order valence-corrected chi connectivity index (χ4v) is 2.44. The number of rotatable bonds is 7. The highest BCUT2D eigenvalue weighted by Gasteiger charge is 2.06. The van der Waals surface area contributed by atoms with E-state index in [1.54, 1.807) is 13.0 Å². The van der Waals surface area contributed by atoms with Crippen molar-refractivity contribution in [2.75, 3.05) is 6.54 Å². The average Bonchev–Trinajstić information content (AvgIpc) is 2.46. The van der Waals surface area contributed by atoms with Gasteiger partial charge in [0.25, 0.3) is 0 Å². The van der Waals surface area contributed by atoms with E-state index in [0.29, 0.717) is 29.7 Å². The fraction of sp³-hybridized carbons (Fsp3) is 0.294. The SMILES string of the molecule is C[C@@H](O)CNCc1cc(Cl)ccc1OCc1cccc(Cl)c1. The molecule has 2 rings (SSSR count). The lowest BCUT2D eigenvalue weighted by Gasteiger charge is -2.13. The Kier molecular flexibility index (Phi) is 6.52. The van der Waals surface area contributed by atoms with Crippen LogP contribution in [-0.4, -0.2) is 17.8 Å². The second-order valence-electron chi connectivity index (χ2n) is 5.15. The molecular formula is C17H19Cl2NO2. The monoisotopic (exact) mass is 339 g/mol. The summed E-state index contributed by atoms with van der Waals surface area (Å²) in [5, 5.41) is 13.8. The Balaban J connectivity index is 2.03. The van der Waals surface area contributed by atoms with E-state index in [1.807, 2.05) is 36.4 Å². The Bertz CT molecular complexity index is 617. The molecule has 5 heteroatoms. The second-order valence-corrected chi connectivity index (χ2v) is 6.02. The summed E-state index contributed by atoms with van der Waals surface area (Å²) >= 11 is 12.0. The number of benzene rings is 2. The van der Waals surface area contributed by atoms with Crippen LogP contribution in [0.25, 0.3) is 0 Å². The van der Waals surface area contributed by atoms with E-state index in [1.165, 1.54) is 0 Å². The predicted octanol–water partition coefficient (Wildman–Crippen LogP) is 4.04. The Morgan fingerprint density at radius 3 is 2.64 bits per heavy atom. The third-order valence-electron chi connectivity index (χ3n) is 3.06. The van der Waals surface area contributed by atoms with E-state index in [9.17, 15) is 5.11 Å². The molecule has 0 aromatic heterocycles. The number of nitrogens with one attached hydrogen (secondary N) is 1. The molecule has 0 bridgehead atoms. The van der Waals surface area contributed by atoms with E-state index in [4.69, 9.17) is 27.9 Å². The van der Waals surface area contributed by atoms with Crippen molar-refractivity contribution in [2.24, 2.45) is 0 Å². The molecule has 0 heterocycles. The Labute approximate surface area is 140 Å². The van der Waals surface area contributed by atoms with Gasteiger partial charge < -0.3 is 15.2 Å². The number of halogens is 2. The van der Waals surface area contributed by atoms with Crippen LogP contribution in [0.15, 0.2) is 42.5 Å². The van der Waals surface area contributed by atoms with Crippen molar-refractivity contribution in [3.63, 3.8) is 0 Å². The molecule has 0 saturated carbocycles. The van der Waals surface area contributed by atoms with Crippen molar-refractivity contribution < 1.29 is 9.84 Å². The van der Waals surface area contributed by atoms with Crippen LogP contribution in [0, 0.1) is 0 Å². The van der Waals surface area contributed by atoms with Gasteiger partial charge in [-0.3, -0.25) is 0 Å². The van der Waals surface area contributed by atoms with E-state index in [2.05, 4.69) is 5.32 Å². The highest BCUT2D eigenvalue weighted by molar-refractivity contribution is 6.30. The van der Waals surface area contributed by atoms with Crippen LogP contribution < -0.4 is 10.1 Å². The first-order valence-electron chi connectivity index (χ1n) is 7.09. The Morgan fingerprint density at radius 1 is 1.14 bits per heavy atom. The van der Waals surface area contributed by atoms with Gasteiger partial charge in [-0.15, -0.1) is 0 Å². The first kappa shape index (κ1) is 17.1. The zero-order chi connectivity index (χ0) is 15.9. The molecule has 0 radical (unpaired) electrons. The summed E-state index contributed by atoms with van der Waals surface area (Å²) in [5.74, 6) is 0.766. The van der Waals surface area contributed by atoms with Crippen LogP contribution in [0.2, 0.25) is 10.0 Å². The first-order chi connectivity index (χ1) is 10.5. The Morgan fingerprint density at radius 2 is 1.91 bits per heavy atom. The molecule has 2 aromatic carbocycles. The van der Waals surface area contributed by atoms with Gasteiger partial charge in [0.05, 0.1) is 6.10 Å². The lowest BCUT2D eigenvalue weighted by molar-refractivity contribution is 0.190. The highest BCUT2D eigenvalue weighted by Crippen LogP contribution is 2.24. The minimum Gasteiger partial charge on any atom is -0.489 e. The number of aliphatic hydroxyl groups excluding tert-OH is 1. The van der Waals surface area contributed by atoms with Gasteiger partial charge in [0.2, 0.25) is 0 Å². The van der Waals surface area contributed by atoms with Crippen LogP contribution in [0.3, 0.4) is 0 Å². The summed E-state index contributed by atoms with van der Waals surface area (Å²) < 4.78 is 5.87. The van der Waals surface area contributed by atoms with Gasteiger partial charge in [-0.1, -0.05) is 35.3 Å². The van der Waals surface area contributed by atoms with Gasteiger partial charge in [-0.2, -0.15) is 0 Å². The number of aliphatic hydroxyl groups is 1. The standard InChI is InChI=1S/C17H19Cl2NO2/c1-12(21)9-20-10-14-8-16(19)5-6-17(14)22-11-13-3-2-4-15(18)7-13/h2-8,12,20-21H,9-11H2,1H3/t12-/m1/s1. The number of ether oxygens (including phenoxy) is 1. The molecule has 22 heavy (non-hydrogen) atoms. The molecule has 0 saturated heterocycles. The second kappa shape index (κ2) is 8.39. The lowest BCUT2D eigenvalue weighted by Crippen LogP contribution is -2.24. The molecule has 0 spiro atoms. The minimum absolute atomic E-state index is 0.394.